The first-order valence-corrected chi connectivity index (χ1v) is 9.45. The second kappa shape index (κ2) is 8.41. The van der Waals surface area contributed by atoms with Gasteiger partial charge in [-0.1, -0.05) is 23.7 Å². The Hall–Kier alpha value is -2.57. The number of nitrogens with zero attached hydrogens (tertiary/aromatic N) is 2. The van der Waals surface area contributed by atoms with E-state index in [4.69, 9.17) is 21.1 Å². The van der Waals surface area contributed by atoms with E-state index >= 15 is 0 Å². The summed E-state index contributed by atoms with van der Waals surface area (Å²) in [6, 6.07) is 13.0. The summed E-state index contributed by atoms with van der Waals surface area (Å²) in [6.07, 6.45) is 0. The summed E-state index contributed by atoms with van der Waals surface area (Å²) < 4.78 is 10.6. The van der Waals surface area contributed by atoms with E-state index in [1.165, 1.54) is 11.3 Å². The van der Waals surface area contributed by atoms with Crippen molar-refractivity contribution in [3.63, 3.8) is 0 Å². The minimum Gasteiger partial charge on any atom is -0.493 e. The van der Waals surface area contributed by atoms with Crippen molar-refractivity contribution in [1.82, 2.24) is 9.88 Å². The van der Waals surface area contributed by atoms with Crippen LogP contribution in [0.5, 0.6) is 11.5 Å². The van der Waals surface area contributed by atoms with Gasteiger partial charge in [0.25, 0.3) is 5.91 Å². The third-order valence-corrected chi connectivity index (χ3v) is 5.14. The molecule has 5 nitrogen and oxygen atoms in total. The van der Waals surface area contributed by atoms with Crippen LogP contribution in [0.25, 0.3) is 10.6 Å². The van der Waals surface area contributed by atoms with Crippen LogP contribution in [0.15, 0.2) is 47.8 Å². The van der Waals surface area contributed by atoms with E-state index in [9.17, 15) is 4.79 Å². The first kappa shape index (κ1) is 19.2. The molecule has 1 heterocycles. The van der Waals surface area contributed by atoms with Crippen molar-refractivity contribution in [3.8, 4) is 22.1 Å². The van der Waals surface area contributed by atoms with Crippen molar-refractivity contribution in [3.05, 3.63) is 64.1 Å². The zero-order chi connectivity index (χ0) is 19.4. The predicted octanol–water partition coefficient (Wildman–Crippen LogP) is 4.75. The summed E-state index contributed by atoms with van der Waals surface area (Å²) in [4.78, 5) is 18.8. The van der Waals surface area contributed by atoms with Crippen molar-refractivity contribution in [2.24, 2.45) is 0 Å². The molecule has 7 heteroatoms. The topological polar surface area (TPSA) is 51.7 Å². The van der Waals surface area contributed by atoms with E-state index in [0.717, 1.165) is 16.1 Å². The molecule has 0 aliphatic carbocycles. The molecule has 2 aromatic carbocycles. The number of methoxy groups -OCH3 is 2. The number of carbonyl (C=O) groups is 1. The number of hydrogen-bond acceptors (Lipinski definition) is 5. The Balaban J connectivity index is 1.77. The van der Waals surface area contributed by atoms with Gasteiger partial charge in [-0.2, -0.15) is 0 Å². The highest BCUT2D eigenvalue weighted by molar-refractivity contribution is 7.13. The third-order valence-electron chi connectivity index (χ3n) is 4.01. The first-order valence-electron chi connectivity index (χ1n) is 8.19. The van der Waals surface area contributed by atoms with Crippen LogP contribution in [0, 0.1) is 0 Å². The van der Waals surface area contributed by atoms with Crippen LogP contribution in [0.3, 0.4) is 0 Å². The predicted molar refractivity (Wildman–Crippen MR) is 108 cm³/mol. The van der Waals surface area contributed by atoms with Gasteiger partial charge in [0.1, 0.15) is 10.7 Å². The molecule has 0 N–H and O–H groups in total. The molecule has 0 spiro atoms. The number of carbonyl (C=O) groups excluding carboxylic acids is 1. The van der Waals surface area contributed by atoms with Gasteiger partial charge in [-0.05, 0) is 35.9 Å². The fraction of sp³-hybridized carbons (Fsp3) is 0.200. The lowest BCUT2D eigenvalue weighted by atomic mass is 10.2. The van der Waals surface area contributed by atoms with Gasteiger partial charge in [-0.15, -0.1) is 11.3 Å². The van der Waals surface area contributed by atoms with Crippen LogP contribution in [-0.4, -0.2) is 37.1 Å². The minimum atomic E-state index is -0.141. The Morgan fingerprint density at radius 3 is 2.63 bits per heavy atom. The van der Waals surface area contributed by atoms with Crippen LogP contribution in [0.2, 0.25) is 5.02 Å². The molecule has 1 amide bonds. The molecule has 0 bridgehead atoms. The molecular formula is C20H19ClN2O3S. The van der Waals surface area contributed by atoms with Crippen LogP contribution in [-0.2, 0) is 6.54 Å². The fourth-order valence-electron chi connectivity index (χ4n) is 2.65. The normalized spacial score (nSPS) is 10.5. The molecular weight excluding hydrogens is 384 g/mol. The van der Waals surface area contributed by atoms with E-state index in [1.807, 2.05) is 42.5 Å². The summed E-state index contributed by atoms with van der Waals surface area (Å²) in [5.74, 6) is 1.13. The Morgan fingerprint density at radius 2 is 1.93 bits per heavy atom. The van der Waals surface area contributed by atoms with E-state index in [0.29, 0.717) is 28.8 Å². The van der Waals surface area contributed by atoms with Crippen molar-refractivity contribution >= 4 is 28.8 Å². The van der Waals surface area contributed by atoms with Crippen LogP contribution >= 0.6 is 22.9 Å². The maximum absolute atomic E-state index is 12.7. The molecule has 0 radical (unpaired) electrons. The lowest BCUT2D eigenvalue weighted by molar-refractivity contribution is 0.0780. The highest BCUT2D eigenvalue weighted by Crippen LogP contribution is 2.33. The third kappa shape index (κ3) is 4.40. The maximum Gasteiger partial charge on any atom is 0.273 e. The molecule has 0 saturated heterocycles. The van der Waals surface area contributed by atoms with E-state index in [2.05, 4.69) is 4.98 Å². The van der Waals surface area contributed by atoms with E-state index in [1.54, 1.807) is 31.5 Å². The average Bonchev–Trinajstić information content (AvgIpc) is 3.17. The van der Waals surface area contributed by atoms with Crippen molar-refractivity contribution in [1.29, 1.82) is 0 Å². The average molecular weight is 403 g/mol. The van der Waals surface area contributed by atoms with E-state index in [-0.39, 0.29) is 5.91 Å². The van der Waals surface area contributed by atoms with Gasteiger partial charge in [0.15, 0.2) is 11.5 Å². The summed E-state index contributed by atoms with van der Waals surface area (Å²) in [6.45, 7) is 0.461. The molecule has 27 heavy (non-hydrogen) atoms. The van der Waals surface area contributed by atoms with Crippen LogP contribution in [0.1, 0.15) is 16.1 Å². The van der Waals surface area contributed by atoms with E-state index < -0.39 is 0 Å². The monoisotopic (exact) mass is 402 g/mol. The summed E-state index contributed by atoms with van der Waals surface area (Å²) in [5, 5.41) is 3.16. The number of aromatic nitrogens is 1. The molecule has 0 aliphatic rings. The number of thiazole rings is 1. The van der Waals surface area contributed by atoms with Crippen LogP contribution < -0.4 is 9.47 Å². The Morgan fingerprint density at radius 1 is 1.15 bits per heavy atom. The number of benzene rings is 2. The smallest absolute Gasteiger partial charge is 0.273 e. The van der Waals surface area contributed by atoms with Gasteiger partial charge >= 0.3 is 0 Å². The molecule has 3 rings (SSSR count). The summed E-state index contributed by atoms with van der Waals surface area (Å²) in [7, 11) is 4.93. The highest BCUT2D eigenvalue weighted by atomic mass is 35.5. The SMILES string of the molecule is COc1ccc(-c2nc(C(=O)N(C)Cc3cccc(Cl)c3)cs2)cc1OC. The second-order valence-corrected chi connectivity index (χ2v) is 7.19. The van der Waals surface area contributed by atoms with Crippen LogP contribution in [0.4, 0.5) is 0 Å². The van der Waals surface area contributed by atoms with Crippen molar-refractivity contribution in [2.45, 2.75) is 6.54 Å². The van der Waals surface area contributed by atoms with Gasteiger partial charge in [-0.3, -0.25) is 4.79 Å². The number of rotatable bonds is 6. The Bertz CT molecular complexity index is 958. The maximum atomic E-state index is 12.7. The Labute approximate surface area is 167 Å². The minimum absolute atomic E-state index is 0.141. The molecule has 0 fully saturated rings. The number of amides is 1. The molecule has 0 aliphatic heterocycles. The second-order valence-electron chi connectivity index (χ2n) is 5.90. The molecule has 0 unspecified atom stereocenters. The van der Waals surface area contributed by atoms with Crippen molar-refractivity contribution in [2.75, 3.05) is 21.3 Å². The van der Waals surface area contributed by atoms with Gasteiger partial charge in [0, 0.05) is 29.6 Å². The van der Waals surface area contributed by atoms with Gasteiger partial charge in [0.2, 0.25) is 0 Å². The molecule has 3 aromatic rings. The van der Waals surface area contributed by atoms with Gasteiger partial charge < -0.3 is 14.4 Å². The first-order chi connectivity index (χ1) is 13.0. The number of ether oxygens (including phenoxy) is 2. The largest absolute Gasteiger partial charge is 0.493 e. The van der Waals surface area contributed by atoms with Gasteiger partial charge in [-0.25, -0.2) is 4.98 Å². The zero-order valence-electron chi connectivity index (χ0n) is 15.2. The standard InChI is InChI=1S/C20H19ClN2O3S/c1-23(11-13-5-4-6-15(21)9-13)20(24)16-12-27-19(22-16)14-7-8-17(25-2)18(10-14)26-3/h4-10,12H,11H2,1-3H3. The molecule has 140 valence electrons. The van der Waals surface area contributed by atoms with Gasteiger partial charge in [0.05, 0.1) is 14.2 Å². The lowest BCUT2D eigenvalue weighted by Gasteiger charge is -2.16. The molecule has 0 saturated carbocycles. The van der Waals surface area contributed by atoms with Crippen molar-refractivity contribution < 1.29 is 14.3 Å². The molecule has 0 atom stereocenters. The number of hydrogen-bond donors (Lipinski definition) is 0. The Kier molecular flexibility index (Phi) is 5.98. The lowest BCUT2D eigenvalue weighted by Crippen LogP contribution is -2.26. The molecule has 1 aromatic heterocycles. The zero-order valence-corrected chi connectivity index (χ0v) is 16.8. The summed E-state index contributed by atoms with van der Waals surface area (Å²) >= 11 is 7.42. The quantitative estimate of drug-likeness (QED) is 0.596. The fourth-order valence-corrected chi connectivity index (χ4v) is 3.65. The number of halogens is 1. The summed E-state index contributed by atoms with van der Waals surface area (Å²) in [5.41, 5.74) is 2.25. The highest BCUT2D eigenvalue weighted by Gasteiger charge is 2.17.